The summed E-state index contributed by atoms with van der Waals surface area (Å²) in [5.74, 6) is -1.42. The van der Waals surface area contributed by atoms with Gasteiger partial charge in [-0.3, -0.25) is 0 Å². The van der Waals surface area contributed by atoms with E-state index >= 15 is 0 Å². The van der Waals surface area contributed by atoms with Gasteiger partial charge in [-0.2, -0.15) is 5.26 Å². The summed E-state index contributed by atoms with van der Waals surface area (Å²) >= 11 is 0.979. The first kappa shape index (κ1) is 16.5. The van der Waals surface area contributed by atoms with Crippen molar-refractivity contribution in [3.05, 3.63) is 53.7 Å². The molecular weight excluding hydrogens is 354 g/mol. The van der Waals surface area contributed by atoms with Crippen molar-refractivity contribution in [1.82, 2.24) is 4.98 Å². The van der Waals surface area contributed by atoms with E-state index in [0.717, 1.165) is 30.2 Å². The quantitative estimate of drug-likeness (QED) is 0.766. The summed E-state index contributed by atoms with van der Waals surface area (Å²) in [6.45, 7) is 0. The van der Waals surface area contributed by atoms with E-state index in [-0.39, 0.29) is 15.5 Å². The van der Waals surface area contributed by atoms with Gasteiger partial charge in [0.1, 0.15) is 23.4 Å². The number of hydrogen-bond donors (Lipinski definition) is 1. The molecule has 0 spiro atoms. The SMILES string of the molecule is CS(=O)(=O)c1ccc2c(Sc3ccc(F)cc3F)c(C#N)[nH]c2c1. The molecule has 3 rings (SSSR count). The fourth-order valence-electron chi connectivity index (χ4n) is 2.23. The first-order valence-electron chi connectivity index (χ1n) is 6.68. The maximum Gasteiger partial charge on any atom is 0.175 e. The van der Waals surface area contributed by atoms with Crippen LogP contribution in [-0.2, 0) is 9.84 Å². The lowest BCUT2D eigenvalue weighted by molar-refractivity contribution is 0.565. The van der Waals surface area contributed by atoms with Crippen LogP contribution < -0.4 is 0 Å². The standard InChI is InChI=1S/C16H10F2N2O2S2/c1-24(21,22)10-3-4-11-13(7-10)20-14(8-19)16(11)23-15-5-2-9(17)6-12(15)18/h2-7,20H,1H3. The van der Waals surface area contributed by atoms with E-state index in [0.29, 0.717) is 15.8 Å². The van der Waals surface area contributed by atoms with Gasteiger partial charge in [0.2, 0.25) is 0 Å². The van der Waals surface area contributed by atoms with E-state index in [1.54, 1.807) is 6.07 Å². The summed E-state index contributed by atoms with van der Waals surface area (Å²) in [7, 11) is -3.39. The van der Waals surface area contributed by atoms with Crippen LogP contribution in [0, 0.1) is 23.0 Å². The average Bonchev–Trinajstić information content (AvgIpc) is 2.86. The normalized spacial score (nSPS) is 11.6. The molecule has 2 aromatic carbocycles. The predicted molar refractivity (Wildman–Crippen MR) is 86.6 cm³/mol. The van der Waals surface area contributed by atoms with Crippen LogP contribution >= 0.6 is 11.8 Å². The highest BCUT2D eigenvalue weighted by Crippen LogP contribution is 2.38. The minimum absolute atomic E-state index is 0.116. The van der Waals surface area contributed by atoms with Crippen LogP contribution in [0.4, 0.5) is 8.78 Å². The molecule has 0 unspecified atom stereocenters. The number of nitrogens with zero attached hydrogens (tertiary/aromatic N) is 1. The summed E-state index contributed by atoms with van der Waals surface area (Å²) in [5, 5.41) is 9.86. The number of hydrogen-bond acceptors (Lipinski definition) is 4. The van der Waals surface area contributed by atoms with E-state index in [1.165, 1.54) is 18.2 Å². The Kier molecular flexibility index (Phi) is 4.07. The topological polar surface area (TPSA) is 73.7 Å². The first-order chi connectivity index (χ1) is 11.3. The molecule has 0 radical (unpaired) electrons. The lowest BCUT2D eigenvalue weighted by atomic mass is 10.2. The van der Waals surface area contributed by atoms with Crippen molar-refractivity contribution >= 4 is 32.5 Å². The highest BCUT2D eigenvalue weighted by Gasteiger charge is 2.17. The molecule has 0 aliphatic heterocycles. The van der Waals surface area contributed by atoms with Gasteiger partial charge in [0.05, 0.1) is 9.79 Å². The van der Waals surface area contributed by atoms with Gasteiger partial charge in [-0.25, -0.2) is 17.2 Å². The number of fused-ring (bicyclic) bond motifs is 1. The van der Waals surface area contributed by atoms with Crippen molar-refractivity contribution in [3.63, 3.8) is 0 Å². The zero-order chi connectivity index (χ0) is 17.5. The summed E-state index contributed by atoms with van der Waals surface area (Å²) in [6.07, 6.45) is 1.09. The molecule has 1 aromatic heterocycles. The molecule has 0 atom stereocenters. The predicted octanol–water partition coefficient (Wildman–Crippen LogP) is 3.87. The van der Waals surface area contributed by atoms with Gasteiger partial charge in [0.15, 0.2) is 9.84 Å². The number of benzene rings is 2. The molecule has 0 saturated heterocycles. The molecule has 24 heavy (non-hydrogen) atoms. The van der Waals surface area contributed by atoms with Crippen LogP contribution in [0.3, 0.4) is 0 Å². The smallest absolute Gasteiger partial charge is 0.175 e. The third kappa shape index (κ3) is 3.00. The molecule has 122 valence electrons. The summed E-state index contributed by atoms with van der Waals surface area (Å²) < 4.78 is 50.2. The second-order valence-corrected chi connectivity index (χ2v) is 8.17. The fourth-order valence-corrected chi connectivity index (χ4v) is 3.88. The van der Waals surface area contributed by atoms with Gasteiger partial charge in [-0.05, 0) is 24.3 Å². The van der Waals surface area contributed by atoms with E-state index in [4.69, 9.17) is 0 Å². The second kappa shape index (κ2) is 5.92. The molecule has 0 bridgehead atoms. The maximum absolute atomic E-state index is 13.9. The molecule has 4 nitrogen and oxygen atoms in total. The zero-order valence-corrected chi connectivity index (χ0v) is 13.9. The van der Waals surface area contributed by atoms with Crippen LogP contribution in [0.25, 0.3) is 10.9 Å². The largest absolute Gasteiger partial charge is 0.345 e. The van der Waals surface area contributed by atoms with Crippen molar-refractivity contribution in [2.45, 2.75) is 14.7 Å². The van der Waals surface area contributed by atoms with Crippen molar-refractivity contribution < 1.29 is 17.2 Å². The lowest BCUT2D eigenvalue weighted by Gasteiger charge is -2.03. The van der Waals surface area contributed by atoms with Gasteiger partial charge >= 0.3 is 0 Å². The van der Waals surface area contributed by atoms with Gasteiger partial charge in [-0.15, -0.1) is 0 Å². The van der Waals surface area contributed by atoms with Crippen LogP contribution in [0.15, 0.2) is 51.1 Å². The van der Waals surface area contributed by atoms with Gasteiger partial charge < -0.3 is 4.98 Å². The van der Waals surface area contributed by atoms with Crippen LogP contribution in [0.2, 0.25) is 0 Å². The number of halogens is 2. The third-order valence-electron chi connectivity index (χ3n) is 3.37. The highest BCUT2D eigenvalue weighted by atomic mass is 32.2. The van der Waals surface area contributed by atoms with Gasteiger partial charge in [0.25, 0.3) is 0 Å². The minimum Gasteiger partial charge on any atom is -0.345 e. The number of H-pyrrole nitrogens is 1. The highest BCUT2D eigenvalue weighted by molar-refractivity contribution is 7.99. The number of nitriles is 1. The molecule has 0 saturated carbocycles. The Labute approximate surface area is 141 Å². The second-order valence-electron chi connectivity index (χ2n) is 5.10. The molecule has 3 aromatic rings. The number of nitrogens with one attached hydrogen (secondary N) is 1. The number of sulfone groups is 1. The monoisotopic (exact) mass is 364 g/mol. The minimum atomic E-state index is -3.39. The van der Waals surface area contributed by atoms with Crippen molar-refractivity contribution in [3.8, 4) is 6.07 Å². The maximum atomic E-state index is 13.9. The summed E-state index contributed by atoms with van der Waals surface area (Å²) in [4.78, 5) is 3.57. The first-order valence-corrected chi connectivity index (χ1v) is 9.39. The molecule has 0 fully saturated rings. The van der Waals surface area contributed by atoms with E-state index in [2.05, 4.69) is 4.98 Å². The third-order valence-corrected chi connectivity index (χ3v) is 5.66. The van der Waals surface area contributed by atoms with E-state index < -0.39 is 21.5 Å². The molecule has 0 aliphatic carbocycles. The van der Waals surface area contributed by atoms with Crippen LogP contribution in [0.1, 0.15) is 5.69 Å². The average molecular weight is 364 g/mol. The summed E-state index contributed by atoms with van der Waals surface area (Å²) in [5.41, 5.74) is 0.642. The van der Waals surface area contributed by atoms with Crippen molar-refractivity contribution in [2.24, 2.45) is 0 Å². The molecule has 0 amide bonds. The van der Waals surface area contributed by atoms with E-state index in [1.807, 2.05) is 6.07 Å². The number of aromatic amines is 1. The number of rotatable bonds is 3. The Morgan fingerprint density at radius 1 is 1.17 bits per heavy atom. The number of aromatic nitrogens is 1. The Morgan fingerprint density at radius 2 is 1.92 bits per heavy atom. The zero-order valence-electron chi connectivity index (χ0n) is 12.3. The Bertz CT molecular complexity index is 1100. The van der Waals surface area contributed by atoms with Crippen LogP contribution in [-0.4, -0.2) is 19.7 Å². The Balaban J connectivity index is 2.15. The van der Waals surface area contributed by atoms with Gasteiger partial charge in [-0.1, -0.05) is 17.8 Å². The molecule has 8 heteroatoms. The van der Waals surface area contributed by atoms with E-state index in [9.17, 15) is 22.5 Å². The van der Waals surface area contributed by atoms with Gasteiger partial charge in [0, 0.05) is 28.1 Å². The molecule has 1 N–H and O–H groups in total. The molecule has 1 heterocycles. The fraction of sp³-hybridized carbons (Fsp3) is 0.0625. The Hall–Kier alpha value is -2.37. The summed E-state index contributed by atoms with van der Waals surface area (Å²) in [6, 6.07) is 9.58. The molecular formula is C16H10F2N2O2S2. The van der Waals surface area contributed by atoms with Crippen molar-refractivity contribution in [2.75, 3.05) is 6.26 Å². The lowest BCUT2D eigenvalue weighted by Crippen LogP contribution is -1.96. The van der Waals surface area contributed by atoms with Crippen molar-refractivity contribution in [1.29, 1.82) is 5.26 Å². The van der Waals surface area contributed by atoms with Crippen LogP contribution in [0.5, 0.6) is 0 Å². The molecule has 0 aliphatic rings. The Morgan fingerprint density at radius 3 is 2.54 bits per heavy atom.